The molecular weight excluding hydrogens is 214 g/mol. The van der Waals surface area contributed by atoms with Gasteiger partial charge in [-0.2, -0.15) is 0 Å². The zero-order valence-corrected chi connectivity index (χ0v) is 10.2. The number of carbonyl (C=O) groups excluding carboxylic acids is 1. The molecule has 0 aromatic heterocycles. The van der Waals surface area contributed by atoms with Crippen LogP contribution in [0.4, 0.5) is 0 Å². The van der Waals surface area contributed by atoms with Crippen molar-refractivity contribution >= 4 is 18.3 Å². The fourth-order valence-corrected chi connectivity index (χ4v) is 2.08. The Kier molecular flexibility index (Phi) is 3.98. The molecule has 0 aliphatic carbocycles. The number of carbonyl (C=O) groups is 1. The van der Waals surface area contributed by atoms with E-state index >= 15 is 0 Å². The molecule has 88 valence electrons. The first-order valence-electron chi connectivity index (χ1n) is 5.34. The number of halogens is 1. The molecule has 2 N–H and O–H groups in total. The Bertz CT molecular complexity index is 241. The summed E-state index contributed by atoms with van der Waals surface area (Å²) in [6, 6.07) is 0. The number of piperazine rings is 1. The van der Waals surface area contributed by atoms with Gasteiger partial charge in [-0.25, -0.2) is 0 Å². The molecule has 0 unspecified atom stereocenters. The van der Waals surface area contributed by atoms with Crippen molar-refractivity contribution in [2.45, 2.75) is 19.4 Å². The average molecular weight is 234 g/mol. The van der Waals surface area contributed by atoms with Crippen LogP contribution in [-0.2, 0) is 4.79 Å². The van der Waals surface area contributed by atoms with Gasteiger partial charge < -0.3 is 15.5 Å². The van der Waals surface area contributed by atoms with E-state index < -0.39 is 0 Å². The van der Waals surface area contributed by atoms with Crippen molar-refractivity contribution in [1.82, 2.24) is 15.5 Å². The molecule has 2 aliphatic rings. The van der Waals surface area contributed by atoms with Crippen molar-refractivity contribution in [2.24, 2.45) is 5.92 Å². The monoisotopic (exact) mass is 233 g/mol. The SMILES string of the molecule is CC1(C)CNCCN1C(=O)C1CNC1.Cl. The summed E-state index contributed by atoms with van der Waals surface area (Å²) in [7, 11) is 0. The van der Waals surface area contributed by atoms with E-state index in [1.807, 2.05) is 4.90 Å². The lowest BCUT2D eigenvalue weighted by molar-refractivity contribution is -0.143. The second-order valence-corrected chi connectivity index (χ2v) is 4.83. The summed E-state index contributed by atoms with van der Waals surface area (Å²) in [6.45, 7) is 8.65. The van der Waals surface area contributed by atoms with Crippen LogP contribution in [0.15, 0.2) is 0 Å². The number of rotatable bonds is 1. The van der Waals surface area contributed by atoms with Gasteiger partial charge in [-0.1, -0.05) is 0 Å². The second-order valence-electron chi connectivity index (χ2n) is 4.83. The maximum Gasteiger partial charge on any atom is 0.228 e. The van der Waals surface area contributed by atoms with E-state index in [1.165, 1.54) is 0 Å². The Morgan fingerprint density at radius 3 is 2.47 bits per heavy atom. The zero-order chi connectivity index (χ0) is 10.2. The fraction of sp³-hybridized carbons (Fsp3) is 0.900. The highest BCUT2D eigenvalue weighted by Gasteiger charge is 2.38. The van der Waals surface area contributed by atoms with Crippen molar-refractivity contribution in [3.05, 3.63) is 0 Å². The Hall–Kier alpha value is -0.320. The Labute approximate surface area is 97.2 Å². The van der Waals surface area contributed by atoms with E-state index in [2.05, 4.69) is 24.5 Å². The van der Waals surface area contributed by atoms with E-state index in [-0.39, 0.29) is 23.9 Å². The number of hydrogen-bond donors (Lipinski definition) is 2. The van der Waals surface area contributed by atoms with E-state index in [9.17, 15) is 4.79 Å². The molecule has 0 atom stereocenters. The van der Waals surface area contributed by atoms with Gasteiger partial charge in [0.25, 0.3) is 0 Å². The minimum Gasteiger partial charge on any atom is -0.335 e. The first-order valence-corrected chi connectivity index (χ1v) is 5.34. The lowest BCUT2D eigenvalue weighted by Gasteiger charge is -2.45. The van der Waals surface area contributed by atoms with Crippen LogP contribution in [0.1, 0.15) is 13.8 Å². The normalized spacial score (nSPS) is 25.3. The number of amides is 1. The highest BCUT2D eigenvalue weighted by atomic mass is 35.5. The van der Waals surface area contributed by atoms with E-state index in [0.717, 1.165) is 32.7 Å². The largest absolute Gasteiger partial charge is 0.335 e. The summed E-state index contributed by atoms with van der Waals surface area (Å²) in [5.41, 5.74) is -0.0229. The fourth-order valence-electron chi connectivity index (χ4n) is 2.08. The van der Waals surface area contributed by atoms with E-state index in [4.69, 9.17) is 0 Å². The number of nitrogens with zero attached hydrogens (tertiary/aromatic N) is 1. The molecule has 2 fully saturated rings. The van der Waals surface area contributed by atoms with Crippen LogP contribution in [0.2, 0.25) is 0 Å². The van der Waals surface area contributed by atoms with Crippen LogP contribution in [0.5, 0.6) is 0 Å². The highest BCUT2D eigenvalue weighted by Crippen LogP contribution is 2.20. The molecule has 0 bridgehead atoms. The third kappa shape index (κ3) is 2.44. The smallest absolute Gasteiger partial charge is 0.228 e. The lowest BCUT2D eigenvalue weighted by Crippen LogP contribution is -2.64. The summed E-state index contributed by atoms with van der Waals surface area (Å²) in [4.78, 5) is 14.1. The first-order chi connectivity index (χ1) is 6.61. The molecule has 0 aromatic rings. The summed E-state index contributed by atoms with van der Waals surface area (Å²) in [5, 5.41) is 6.47. The van der Waals surface area contributed by atoms with Gasteiger partial charge in [-0.3, -0.25) is 4.79 Å². The zero-order valence-electron chi connectivity index (χ0n) is 9.38. The van der Waals surface area contributed by atoms with Gasteiger partial charge in [-0.05, 0) is 13.8 Å². The molecule has 15 heavy (non-hydrogen) atoms. The van der Waals surface area contributed by atoms with Gasteiger partial charge in [-0.15, -0.1) is 12.4 Å². The van der Waals surface area contributed by atoms with E-state index in [1.54, 1.807) is 0 Å². The molecule has 2 rings (SSSR count). The minimum absolute atomic E-state index is 0. The Morgan fingerprint density at radius 2 is 2.00 bits per heavy atom. The summed E-state index contributed by atoms with van der Waals surface area (Å²) in [5.74, 6) is 0.558. The van der Waals surface area contributed by atoms with Crippen LogP contribution >= 0.6 is 12.4 Å². The Morgan fingerprint density at radius 1 is 1.33 bits per heavy atom. The van der Waals surface area contributed by atoms with Crippen LogP contribution in [0, 0.1) is 5.92 Å². The van der Waals surface area contributed by atoms with Crippen LogP contribution < -0.4 is 10.6 Å². The second kappa shape index (κ2) is 4.68. The van der Waals surface area contributed by atoms with E-state index in [0.29, 0.717) is 5.91 Å². The molecule has 2 heterocycles. The average Bonchev–Trinajstić information content (AvgIpc) is 1.99. The quantitative estimate of drug-likeness (QED) is 0.662. The molecule has 0 aromatic carbocycles. The van der Waals surface area contributed by atoms with Crippen LogP contribution in [0.25, 0.3) is 0 Å². The summed E-state index contributed by atoms with van der Waals surface area (Å²) < 4.78 is 0. The third-order valence-electron chi connectivity index (χ3n) is 3.20. The molecule has 0 saturated carbocycles. The highest BCUT2D eigenvalue weighted by molar-refractivity contribution is 5.85. The van der Waals surface area contributed by atoms with Gasteiger partial charge in [0.1, 0.15) is 0 Å². The van der Waals surface area contributed by atoms with Crippen molar-refractivity contribution in [3.8, 4) is 0 Å². The van der Waals surface area contributed by atoms with Gasteiger partial charge >= 0.3 is 0 Å². The van der Waals surface area contributed by atoms with Crippen molar-refractivity contribution in [1.29, 1.82) is 0 Å². The molecule has 1 amide bonds. The lowest BCUT2D eigenvalue weighted by atomic mass is 9.94. The van der Waals surface area contributed by atoms with Gasteiger partial charge in [0, 0.05) is 38.3 Å². The maximum atomic E-state index is 12.1. The third-order valence-corrected chi connectivity index (χ3v) is 3.20. The number of hydrogen-bond acceptors (Lipinski definition) is 3. The molecule has 2 aliphatic heterocycles. The molecule has 5 heteroatoms. The van der Waals surface area contributed by atoms with Crippen molar-refractivity contribution < 1.29 is 4.79 Å². The van der Waals surface area contributed by atoms with Gasteiger partial charge in [0.15, 0.2) is 0 Å². The van der Waals surface area contributed by atoms with Crippen molar-refractivity contribution in [2.75, 3.05) is 32.7 Å². The topological polar surface area (TPSA) is 44.4 Å². The molecule has 0 radical (unpaired) electrons. The molecular formula is C10H20ClN3O. The van der Waals surface area contributed by atoms with Gasteiger partial charge in [0.2, 0.25) is 5.91 Å². The number of nitrogens with one attached hydrogen (secondary N) is 2. The predicted molar refractivity (Wildman–Crippen MR) is 62.3 cm³/mol. The maximum absolute atomic E-state index is 12.1. The molecule has 2 saturated heterocycles. The minimum atomic E-state index is -0.0229. The standard InChI is InChI=1S/C10H19N3O.ClH/c1-10(2)7-11-3-4-13(10)9(14)8-5-12-6-8;/h8,11-12H,3-7H2,1-2H3;1H. The van der Waals surface area contributed by atoms with Crippen LogP contribution in [0.3, 0.4) is 0 Å². The predicted octanol–water partition coefficient (Wildman–Crippen LogP) is -0.162. The summed E-state index contributed by atoms with van der Waals surface area (Å²) >= 11 is 0. The first kappa shape index (κ1) is 12.7. The molecule has 4 nitrogen and oxygen atoms in total. The Balaban J connectivity index is 0.00000112. The molecule has 0 spiro atoms. The summed E-state index contributed by atoms with van der Waals surface area (Å²) in [6.07, 6.45) is 0. The van der Waals surface area contributed by atoms with Gasteiger partial charge in [0.05, 0.1) is 5.92 Å². The van der Waals surface area contributed by atoms with Crippen LogP contribution in [-0.4, -0.2) is 49.1 Å². The van der Waals surface area contributed by atoms with Crippen molar-refractivity contribution in [3.63, 3.8) is 0 Å².